The van der Waals surface area contributed by atoms with Gasteiger partial charge in [-0.05, 0) is 18.1 Å². The number of amides is 1. The summed E-state index contributed by atoms with van der Waals surface area (Å²) in [7, 11) is 0. The average molecular weight is 271 g/mol. The summed E-state index contributed by atoms with van der Waals surface area (Å²) in [5.41, 5.74) is 0.891. The topological polar surface area (TPSA) is 58.6 Å². The van der Waals surface area contributed by atoms with Crippen LogP contribution in [0.15, 0.2) is 24.3 Å². The number of benzene rings is 1. The Labute approximate surface area is 109 Å². The van der Waals surface area contributed by atoms with Crippen LogP contribution in [0, 0.1) is 5.92 Å². The van der Waals surface area contributed by atoms with Gasteiger partial charge < -0.3 is 15.2 Å². The van der Waals surface area contributed by atoms with Crippen LogP contribution in [0.2, 0.25) is 0 Å². The molecule has 1 amide bonds. The quantitative estimate of drug-likeness (QED) is 0.858. The van der Waals surface area contributed by atoms with E-state index in [2.05, 4.69) is 5.32 Å². The number of para-hydroxylation sites is 1. The minimum Gasteiger partial charge on any atom is -0.492 e. The van der Waals surface area contributed by atoms with Crippen LogP contribution >= 0.6 is 0 Å². The summed E-state index contributed by atoms with van der Waals surface area (Å²) in [5.74, 6) is -3.53. The van der Waals surface area contributed by atoms with Crippen molar-refractivity contribution < 1.29 is 23.4 Å². The van der Waals surface area contributed by atoms with Crippen molar-refractivity contribution in [1.29, 1.82) is 0 Å². The molecular weight excluding hydrogens is 256 g/mol. The molecular formula is C13H15F2NO3. The minimum absolute atomic E-state index is 0.174. The fourth-order valence-electron chi connectivity index (χ4n) is 1.91. The van der Waals surface area contributed by atoms with Gasteiger partial charge in [0.1, 0.15) is 19.0 Å². The highest BCUT2D eigenvalue weighted by atomic mass is 19.3. The van der Waals surface area contributed by atoms with Gasteiger partial charge in [-0.15, -0.1) is 0 Å². The lowest BCUT2D eigenvalue weighted by Crippen LogP contribution is -2.44. The molecule has 1 aliphatic heterocycles. The van der Waals surface area contributed by atoms with Gasteiger partial charge in [-0.2, -0.15) is 0 Å². The van der Waals surface area contributed by atoms with E-state index in [-0.39, 0.29) is 6.61 Å². The normalized spacial score (nSPS) is 18.4. The van der Waals surface area contributed by atoms with E-state index in [4.69, 9.17) is 9.84 Å². The lowest BCUT2D eigenvalue weighted by atomic mass is 9.96. The van der Waals surface area contributed by atoms with Crippen molar-refractivity contribution in [3.63, 3.8) is 0 Å². The summed E-state index contributed by atoms with van der Waals surface area (Å²) in [6, 6.07) is 7.32. The van der Waals surface area contributed by atoms with Gasteiger partial charge in [0.2, 0.25) is 5.91 Å². The van der Waals surface area contributed by atoms with Gasteiger partial charge in [0.05, 0.1) is 12.5 Å². The van der Waals surface area contributed by atoms with E-state index in [0.29, 0.717) is 6.42 Å². The number of carbonyl (C=O) groups is 1. The number of hydrogen-bond acceptors (Lipinski definition) is 3. The Bertz CT molecular complexity index is 465. The number of hydrogen-bond donors (Lipinski definition) is 2. The monoisotopic (exact) mass is 271 g/mol. The maximum Gasteiger partial charge on any atom is 0.287 e. The number of aliphatic hydroxyl groups is 1. The molecule has 2 rings (SSSR count). The highest BCUT2D eigenvalue weighted by Gasteiger charge is 2.31. The smallest absolute Gasteiger partial charge is 0.287 e. The lowest BCUT2D eigenvalue weighted by Gasteiger charge is -2.25. The van der Waals surface area contributed by atoms with Crippen LogP contribution in [0.3, 0.4) is 0 Å². The molecule has 0 fully saturated rings. The molecule has 0 saturated carbocycles. The Balaban J connectivity index is 1.92. The summed E-state index contributed by atoms with van der Waals surface area (Å²) in [4.78, 5) is 11.8. The van der Waals surface area contributed by atoms with Crippen molar-refractivity contribution in [3.8, 4) is 5.75 Å². The van der Waals surface area contributed by atoms with E-state index in [0.717, 1.165) is 11.3 Å². The predicted molar refractivity (Wildman–Crippen MR) is 64.2 cm³/mol. The Kier molecular flexibility index (Phi) is 3.99. The highest BCUT2D eigenvalue weighted by molar-refractivity contribution is 5.79. The van der Waals surface area contributed by atoms with Crippen LogP contribution in [0.5, 0.6) is 5.75 Å². The number of halogens is 2. The largest absolute Gasteiger partial charge is 0.492 e. The number of alkyl halides is 2. The molecule has 1 aromatic carbocycles. The van der Waals surface area contributed by atoms with E-state index in [9.17, 15) is 13.6 Å². The Morgan fingerprint density at radius 2 is 2.21 bits per heavy atom. The fraction of sp³-hybridized carbons (Fsp3) is 0.462. The van der Waals surface area contributed by atoms with E-state index < -0.39 is 30.9 Å². The zero-order valence-electron chi connectivity index (χ0n) is 10.2. The fourth-order valence-corrected chi connectivity index (χ4v) is 1.91. The van der Waals surface area contributed by atoms with Crippen LogP contribution in [0.4, 0.5) is 8.78 Å². The van der Waals surface area contributed by atoms with Crippen LogP contribution in [-0.4, -0.2) is 36.7 Å². The third-order valence-corrected chi connectivity index (χ3v) is 3.00. The highest BCUT2D eigenvalue weighted by Crippen LogP contribution is 2.26. The van der Waals surface area contributed by atoms with Gasteiger partial charge in [0, 0.05) is 0 Å². The van der Waals surface area contributed by atoms with Crippen molar-refractivity contribution in [1.82, 2.24) is 5.32 Å². The molecule has 19 heavy (non-hydrogen) atoms. The van der Waals surface area contributed by atoms with Crippen molar-refractivity contribution in [3.05, 3.63) is 29.8 Å². The molecule has 4 nitrogen and oxygen atoms in total. The third kappa shape index (κ3) is 3.41. The molecule has 0 aliphatic carbocycles. The van der Waals surface area contributed by atoms with Crippen molar-refractivity contribution in [2.75, 3.05) is 19.8 Å². The first kappa shape index (κ1) is 13.7. The molecule has 1 atom stereocenters. The summed E-state index contributed by atoms with van der Waals surface area (Å²) in [6.45, 7) is -1.97. The van der Waals surface area contributed by atoms with E-state index in [1.165, 1.54) is 0 Å². The SMILES string of the molecule is O=C(NCC(F)(F)CO)C1COc2ccccc2C1. The maximum atomic E-state index is 12.8. The third-order valence-electron chi connectivity index (χ3n) is 3.00. The lowest BCUT2D eigenvalue weighted by molar-refractivity contribution is -0.129. The number of rotatable bonds is 4. The molecule has 0 saturated heterocycles. The molecule has 0 aromatic heterocycles. The van der Waals surface area contributed by atoms with Crippen LogP contribution in [0.1, 0.15) is 5.56 Å². The van der Waals surface area contributed by atoms with E-state index in [1.54, 1.807) is 0 Å². The van der Waals surface area contributed by atoms with Crippen molar-refractivity contribution in [2.45, 2.75) is 12.3 Å². The molecule has 1 heterocycles. The van der Waals surface area contributed by atoms with E-state index in [1.807, 2.05) is 24.3 Å². The molecule has 1 aromatic rings. The number of ether oxygens (including phenoxy) is 1. The second-order valence-corrected chi connectivity index (χ2v) is 4.55. The number of carbonyl (C=O) groups excluding carboxylic acids is 1. The van der Waals surface area contributed by atoms with Gasteiger partial charge in [-0.25, -0.2) is 8.78 Å². The number of nitrogens with one attached hydrogen (secondary N) is 1. The maximum absolute atomic E-state index is 12.8. The number of aliphatic hydroxyl groups excluding tert-OH is 1. The van der Waals surface area contributed by atoms with E-state index >= 15 is 0 Å². The molecule has 1 unspecified atom stereocenters. The Hall–Kier alpha value is -1.69. The molecule has 2 N–H and O–H groups in total. The zero-order valence-corrected chi connectivity index (χ0v) is 10.2. The summed E-state index contributed by atoms with van der Waals surface area (Å²) in [5, 5.41) is 10.6. The molecule has 0 bridgehead atoms. The molecule has 0 radical (unpaired) electrons. The summed E-state index contributed by atoms with van der Waals surface area (Å²) >= 11 is 0. The Morgan fingerprint density at radius 3 is 2.95 bits per heavy atom. The Morgan fingerprint density at radius 1 is 1.47 bits per heavy atom. The first-order chi connectivity index (χ1) is 9.02. The second-order valence-electron chi connectivity index (χ2n) is 4.55. The standard InChI is InChI=1S/C13H15F2NO3/c14-13(15,8-17)7-16-12(18)10-5-9-3-1-2-4-11(9)19-6-10/h1-4,10,17H,5-8H2,(H,16,18). The minimum atomic E-state index is -3.29. The van der Waals surface area contributed by atoms with Crippen LogP contribution in [-0.2, 0) is 11.2 Å². The summed E-state index contributed by atoms with van der Waals surface area (Å²) < 4.78 is 31.1. The average Bonchev–Trinajstić information content (AvgIpc) is 2.44. The van der Waals surface area contributed by atoms with Crippen LogP contribution in [0.25, 0.3) is 0 Å². The van der Waals surface area contributed by atoms with Gasteiger partial charge in [0.25, 0.3) is 5.92 Å². The zero-order chi connectivity index (χ0) is 13.9. The molecule has 6 heteroatoms. The first-order valence-corrected chi connectivity index (χ1v) is 5.99. The van der Waals surface area contributed by atoms with Gasteiger partial charge in [0.15, 0.2) is 0 Å². The predicted octanol–water partition coefficient (Wildman–Crippen LogP) is 0.981. The van der Waals surface area contributed by atoms with Crippen molar-refractivity contribution >= 4 is 5.91 Å². The number of fused-ring (bicyclic) bond motifs is 1. The van der Waals surface area contributed by atoms with Gasteiger partial charge in [-0.1, -0.05) is 18.2 Å². The second kappa shape index (κ2) is 5.52. The first-order valence-electron chi connectivity index (χ1n) is 5.99. The van der Waals surface area contributed by atoms with Crippen molar-refractivity contribution in [2.24, 2.45) is 5.92 Å². The molecule has 104 valence electrons. The summed E-state index contributed by atoms with van der Waals surface area (Å²) in [6.07, 6.45) is 0.465. The molecule has 1 aliphatic rings. The molecule has 0 spiro atoms. The van der Waals surface area contributed by atoms with Crippen LogP contribution < -0.4 is 10.1 Å². The van der Waals surface area contributed by atoms with Gasteiger partial charge >= 0.3 is 0 Å². The van der Waals surface area contributed by atoms with Gasteiger partial charge in [-0.3, -0.25) is 4.79 Å².